The van der Waals surface area contributed by atoms with E-state index in [0.717, 1.165) is 19.1 Å². The molecule has 1 fully saturated rings. The smallest absolute Gasteiger partial charge is 0.304 e. The highest BCUT2D eigenvalue weighted by atomic mass is 35.5. The van der Waals surface area contributed by atoms with E-state index in [1.54, 1.807) is 18.4 Å². The average molecular weight is 335 g/mol. The minimum Gasteiger partial charge on any atom is -0.481 e. The van der Waals surface area contributed by atoms with E-state index >= 15 is 0 Å². The minimum absolute atomic E-state index is 0.00510. The number of carbonyl (C=O) groups is 1. The number of thioether (sulfide) groups is 1. The van der Waals surface area contributed by atoms with E-state index < -0.39 is 21.2 Å². The molecule has 2 rings (SSSR count). The predicted molar refractivity (Wildman–Crippen MR) is 79.5 cm³/mol. The van der Waals surface area contributed by atoms with E-state index in [0.29, 0.717) is 15.5 Å². The second kappa shape index (κ2) is 5.24. The molecule has 4 nitrogen and oxygen atoms in total. The van der Waals surface area contributed by atoms with Crippen molar-refractivity contribution < 1.29 is 18.3 Å². The Hall–Kier alpha value is -0.720. The van der Waals surface area contributed by atoms with Crippen molar-refractivity contribution >= 4 is 39.2 Å². The number of carboxylic acids is 1. The molecule has 1 saturated carbocycles. The zero-order chi connectivity index (χ0) is 15.1. The zero-order valence-corrected chi connectivity index (χ0v) is 13.5. The third-order valence-corrected chi connectivity index (χ3v) is 6.08. The highest BCUT2D eigenvalue weighted by molar-refractivity contribution is 7.99. The summed E-state index contributed by atoms with van der Waals surface area (Å²) < 4.78 is 23.8. The molecule has 0 unspecified atom stereocenters. The van der Waals surface area contributed by atoms with Crippen molar-refractivity contribution in [3.63, 3.8) is 0 Å². The van der Waals surface area contributed by atoms with Gasteiger partial charge in [0.05, 0.1) is 16.3 Å². The monoisotopic (exact) mass is 334 g/mol. The van der Waals surface area contributed by atoms with Crippen LogP contribution in [0.1, 0.15) is 24.8 Å². The van der Waals surface area contributed by atoms with Gasteiger partial charge in [-0.05, 0) is 36.8 Å². The Kier molecular flexibility index (Phi) is 4.10. The van der Waals surface area contributed by atoms with Crippen LogP contribution in [0, 0.1) is 0 Å². The van der Waals surface area contributed by atoms with E-state index in [1.165, 1.54) is 11.8 Å². The molecule has 0 bridgehead atoms. The first kappa shape index (κ1) is 15.7. The van der Waals surface area contributed by atoms with E-state index in [2.05, 4.69) is 0 Å². The highest BCUT2D eigenvalue weighted by Gasteiger charge is 2.46. The Morgan fingerprint density at radius 1 is 1.45 bits per heavy atom. The lowest BCUT2D eigenvalue weighted by molar-refractivity contribution is -0.137. The second-order valence-electron chi connectivity index (χ2n) is 5.11. The number of carboxylic acid groups (broad SMARTS) is 1. The summed E-state index contributed by atoms with van der Waals surface area (Å²) >= 11 is 7.45. The van der Waals surface area contributed by atoms with Crippen molar-refractivity contribution in [2.75, 3.05) is 12.5 Å². The fourth-order valence-electron chi connectivity index (χ4n) is 2.36. The topological polar surface area (TPSA) is 71.4 Å². The summed E-state index contributed by atoms with van der Waals surface area (Å²) in [5.74, 6) is -0.881. The molecule has 7 heteroatoms. The predicted octanol–water partition coefficient (Wildman–Crippen LogP) is 2.97. The minimum atomic E-state index is -3.40. The standard InChI is InChI=1S/C13H15ClO4S2/c1-19-12-9(14)5-8(6-10(12)20(2,17)18)13(3-4-13)7-11(15)16/h5-6H,3-4,7H2,1-2H3,(H,15,16). The first-order valence-corrected chi connectivity index (χ1v) is 9.49. The molecule has 1 N–H and O–H groups in total. The number of halogens is 1. The molecule has 0 aliphatic heterocycles. The van der Waals surface area contributed by atoms with Crippen LogP contribution in [-0.2, 0) is 20.0 Å². The Bertz CT molecular complexity index is 663. The first-order valence-electron chi connectivity index (χ1n) is 5.99. The molecule has 1 aromatic rings. The van der Waals surface area contributed by atoms with Crippen molar-refractivity contribution in [1.82, 2.24) is 0 Å². The average Bonchev–Trinajstić information content (AvgIpc) is 3.06. The van der Waals surface area contributed by atoms with Crippen LogP contribution in [0.15, 0.2) is 21.9 Å². The van der Waals surface area contributed by atoms with Crippen LogP contribution >= 0.6 is 23.4 Å². The number of benzene rings is 1. The number of hydrogen-bond donors (Lipinski definition) is 1. The number of aliphatic carboxylic acids is 1. The van der Waals surface area contributed by atoms with Gasteiger partial charge in [-0.15, -0.1) is 11.8 Å². The van der Waals surface area contributed by atoms with Crippen molar-refractivity contribution in [3.05, 3.63) is 22.7 Å². The van der Waals surface area contributed by atoms with Gasteiger partial charge in [-0.3, -0.25) is 4.79 Å². The van der Waals surface area contributed by atoms with Crippen LogP contribution in [0.5, 0.6) is 0 Å². The number of rotatable bonds is 5. The lowest BCUT2D eigenvalue weighted by atomic mass is 9.92. The van der Waals surface area contributed by atoms with Crippen LogP contribution < -0.4 is 0 Å². The van der Waals surface area contributed by atoms with Gasteiger partial charge in [-0.2, -0.15) is 0 Å². The molecule has 0 atom stereocenters. The number of hydrogen-bond acceptors (Lipinski definition) is 4. The van der Waals surface area contributed by atoms with Gasteiger partial charge in [-0.1, -0.05) is 11.6 Å². The maximum absolute atomic E-state index is 11.9. The third-order valence-electron chi connectivity index (χ3n) is 3.57. The lowest BCUT2D eigenvalue weighted by Crippen LogP contribution is -2.14. The van der Waals surface area contributed by atoms with Gasteiger partial charge in [-0.25, -0.2) is 8.42 Å². The van der Waals surface area contributed by atoms with E-state index in [4.69, 9.17) is 16.7 Å². The molecule has 0 amide bonds. The van der Waals surface area contributed by atoms with Gasteiger partial charge in [0.1, 0.15) is 0 Å². The second-order valence-corrected chi connectivity index (χ2v) is 8.32. The van der Waals surface area contributed by atoms with Crippen LogP contribution in [0.4, 0.5) is 0 Å². The van der Waals surface area contributed by atoms with Crippen LogP contribution in [0.2, 0.25) is 5.02 Å². The van der Waals surface area contributed by atoms with Gasteiger partial charge in [0, 0.05) is 16.6 Å². The molecule has 110 valence electrons. The van der Waals surface area contributed by atoms with Gasteiger partial charge in [0.25, 0.3) is 0 Å². The normalized spacial score (nSPS) is 16.9. The Morgan fingerprint density at radius 3 is 2.45 bits per heavy atom. The number of sulfone groups is 1. The van der Waals surface area contributed by atoms with Crippen LogP contribution in [0.25, 0.3) is 0 Å². The lowest BCUT2D eigenvalue weighted by Gasteiger charge is -2.17. The van der Waals surface area contributed by atoms with Crippen molar-refractivity contribution in [2.45, 2.75) is 34.5 Å². The molecule has 1 aliphatic carbocycles. The van der Waals surface area contributed by atoms with Gasteiger partial charge >= 0.3 is 5.97 Å². The fourth-order valence-corrected chi connectivity index (χ4v) is 4.87. The van der Waals surface area contributed by atoms with Crippen LogP contribution in [-0.4, -0.2) is 32.0 Å². The molecular formula is C13H15ClO4S2. The summed E-state index contributed by atoms with van der Waals surface area (Å²) in [6.07, 6.45) is 4.40. The molecule has 0 aromatic heterocycles. The van der Waals surface area contributed by atoms with Crippen LogP contribution in [0.3, 0.4) is 0 Å². The molecule has 20 heavy (non-hydrogen) atoms. The van der Waals surface area contributed by atoms with Gasteiger partial charge < -0.3 is 5.11 Å². The molecule has 0 radical (unpaired) electrons. The summed E-state index contributed by atoms with van der Waals surface area (Å²) in [4.78, 5) is 11.7. The summed E-state index contributed by atoms with van der Waals surface area (Å²) in [7, 11) is -3.40. The largest absolute Gasteiger partial charge is 0.481 e. The van der Waals surface area contributed by atoms with Gasteiger partial charge in [0.2, 0.25) is 0 Å². The summed E-state index contributed by atoms with van der Waals surface area (Å²) in [5, 5.41) is 9.36. The molecule has 1 aromatic carbocycles. The summed E-state index contributed by atoms with van der Waals surface area (Å²) in [6, 6.07) is 3.29. The maximum Gasteiger partial charge on any atom is 0.304 e. The SMILES string of the molecule is CSc1c(Cl)cc(C2(CC(=O)O)CC2)cc1S(C)(=O)=O. The third kappa shape index (κ3) is 2.97. The Morgan fingerprint density at radius 2 is 2.05 bits per heavy atom. The first-order chi connectivity index (χ1) is 9.19. The molecule has 0 heterocycles. The molecular weight excluding hydrogens is 320 g/mol. The quantitative estimate of drug-likeness (QED) is 0.838. The summed E-state index contributed by atoms with van der Waals surface area (Å²) in [5.41, 5.74) is 0.259. The Balaban J connectivity index is 2.58. The molecule has 1 aliphatic rings. The van der Waals surface area contributed by atoms with E-state index in [-0.39, 0.29) is 11.3 Å². The molecule has 0 saturated heterocycles. The van der Waals surface area contributed by atoms with Gasteiger partial charge in [0.15, 0.2) is 9.84 Å². The molecule has 0 spiro atoms. The maximum atomic E-state index is 11.9. The highest BCUT2D eigenvalue weighted by Crippen LogP contribution is 2.52. The summed E-state index contributed by atoms with van der Waals surface area (Å²) in [6.45, 7) is 0. The van der Waals surface area contributed by atoms with Crippen molar-refractivity contribution in [3.8, 4) is 0 Å². The van der Waals surface area contributed by atoms with Crippen molar-refractivity contribution in [1.29, 1.82) is 0 Å². The van der Waals surface area contributed by atoms with E-state index in [9.17, 15) is 13.2 Å². The zero-order valence-electron chi connectivity index (χ0n) is 11.1. The Labute approximate surface area is 127 Å². The fraction of sp³-hybridized carbons (Fsp3) is 0.462. The van der Waals surface area contributed by atoms with E-state index in [1.807, 2.05) is 0 Å². The van der Waals surface area contributed by atoms with Crippen molar-refractivity contribution in [2.24, 2.45) is 0 Å².